The summed E-state index contributed by atoms with van der Waals surface area (Å²) in [5.41, 5.74) is 1.08. The minimum absolute atomic E-state index is 0.128. The van der Waals surface area contributed by atoms with Crippen LogP contribution in [0.4, 0.5) is 0 Å². The highest BCUT2D eigenvalue weighted by atomic mass is 35.5. The van der Waals surface area contributed by atoms with Crippen LogP contribution < -0.4 is 0 Å². The number of rotatable bonds is 3. The number of alkyl halides is 1. The van der Waals surface area contributed by atoms with Crippen molar-refractivity contribution in [3.8, 4) is 0 Å². The zero-order chi connectivity index (χ0) is 9.84. The van der Waals surface area contributed by atoms with E-state index in [0.717, 1.165) is 17.8 Å². The predicted octanol–water partition coefficient (Wildman–Crippen LogP) is 2.59. The molecule has 1 aromatic rings. The van der Waals surface area contributed by atoms with E-state index >= 15 is 0 Å². The zero-order valence-electron chi connectivity index (χ0n) is 8.29. The van der Waals surface area contributed by atoms with Crippen molar-refractivity contribution in [1.82, 2.24) is 9.97 Å². The van der Waals surface area contributed by atoms with Gasteiger partial charge in [-0.2, -0.15) is 0 Å². The van der Waals surface area contributed by atoms with Crippen LogP contribution in [-0.2, 0) is 6.42 Å². The van der Waals surface area contributed by atoms with E-state index in [0.29, 0.717) is 5.92 Å². The van der Waals surface area contributed by atoms with Crippen molar-refractivity contribution in [1.29, 1.82) is 0 Å². The van der Waals surface area contributed by atoms with Gasteiger partial charge in [0.2, 0.25) is 0 Å². The molecule has 0 bridgehead atoms. The molecule has 72 valence electrons. The van der Waals surface area contributed by atoms with Crippen LogP contribution in [0.2, 0.25) is 0 Å². The highest BCUT2D eigenvalue weighted by molar-refractivity contribution is 6.20. The molecule has 0 amide bonds. The Balaban J connectivity index is 2.59. The molecule has 1 unspecified atom stereocenters. The van der Waals surface area contributed by atoms with Gasteiger partial charge >= 0.3 is 0 Å². The van der Waals surface area contributed by atoms with Crippen LogP contribution in [0, 0.1) is 12.8 Å². The number of hydrogen-bond acceptors (Lipinski definition) is 2. The summed E-state index contributed by atoms with van der Waals surface area (Å²) in [6, 6.07) is 0. The largest absolute Gasteiger partial charge is 0.241 e. The van der Waals surface area contributed by atoms with Crippen LogP contribution in [-0.4, -0.2) is 15.3 Å². The van der Waals surface area contributed by atoms with Crippen LogP contribution in [0.3, 0.4) is 0 Å². The number of halogens is 1. The summed E-state index contributed by atoms with van der Waals surface area (Å²) in [6.07, 6.45) is 4.40. The lowest BCUT2D eigenvalue weighted by atomic mass is 10.1. The van der Waals surface area contributed by atoms with Crippen LogP contribution in [0.1, 0.15) is 25.2 Å². The van der Waals surface area contributed by atoms with E-state index in [1.54, 1.807) is 0 Å². The smallest absolute Gasteiger partial charge is 0.129 e. The fourth-order valence-electron chi connectivity index (χ4n) is 0.935. The van der Waals surface area contributed by atoms with Crippen LogP contribution >= 0.6 is 11.6 Å². The van der Waals surface area contributed by atoms with E-state index in [4.69, 9.17) is 11.6 Å². The molecular weight excluding hydrogens is 184 g/mol. The molecule has 1 heterocycles. The summed E-state index contributed by atoms with van der Waals surface area (Å²) in [6.45, 7) is 6.18. The van der Waals surface area contributed by atoms with Gasteiger partial charge in [0.1, 0.15) is 5.82 Å². The van der Waals surface area contributed by atoms with E-state index in [1.165, 1.54) is 0 Å². The van der Waals surface area contributed by atoms with Crippen molar-refractivity contribution in [3.63, 3.8) is 0 Å². The zero-order valence-corrected chi connectivity index (χ0v) is 9.04. The van der Waals surface area contributed by atoms with Gasteiger partial charge in [-0.15, -0.1) is 11.6 Å². The lowest BCUT2D eigenvalue weighted by Crippen LogP contribution is -2.13. The van der Waals surface area contributed by atoms with Crippen molar-refractivity contribution in [2.45, 2.75) is 32.6 Å². The first-order valence-electron chi connectivity index (χ1n) is 4.51. The Bertz CT molecular complexity index is 256. The Labute approximate surface area is 84.4 Å². The summed E-state index contributed by atoms with van der Waals surface area (Å²) in [5.74, 6) is 1.30. The molecular formula is C10H15ClN2. The quantitative estimate of drug-likeness (QED) is 0.698. The first-order chi connectivity index (χ1) is 6.09. The number of aromatic nitrogens is 2. The highest BCUT2D eigenvalue weighted by Crippen LogP contribution is 2.13. The molecule has 1 aromatic heterocycles. The standard InChI is InChI=1S/C10H15ClN2/c1-7(2)9(11)4-10-12-5-8(3)6-13-10/h5-7,9H,4H2,1-3H3. The van der Waals surface area contributed by atoms with E-state index < -0.39 is 0 Å². The molecule has 0 aliphatic heterocycles. The molecule has 0 aliphatic rings. The predicted molar refractivity (Wildman–Crippen MR) is 55.0 cm³/mol. The monoisotopic (exact) mass is 198 g/mol. The summed E-state index contributed by atoms with van der Waals surface area (Å²) in [5, 5.41) is 0.128. The molecule has 0 fully saturated rings. The van der Waals surface area contributed by atoms with Crippen LogP contribution in [0.15, 0.2) is 12.4 Å². The van der Waals surface area contributed by atoms with Gasteiger partial charge in [-0.25, -0.2) is 9.97 Å². The lowest BCUT2D eigenvalue weighted by molar-refractivity contribution is 0.584. The second-order valence-electron chi connectivity index (χ2n) is 3.64. The highest BCUT2D eigenvalue weighted by Gasteiger charge is 2.11. The Morgan fingerprint density at radius 1 is 1.31 bits per heavy atom. The Morgan fingerprint density at radius 2 is 1.85 bits per heavy atom. The molecule has 0 N–H and O–H groups in total. The molecule has 13 heavy (non-hydrogen) atoms. The van der Waals surface area contributed by atoms with E-state index in [2.05, 4.69) is 23.8 Å². The summed E-state index contributed by atoms with van der Waals surface area (Å²) in [7, 11) is 0. The second kappa shape index (κ2) is 4.56. The van der Waals surface area contributed by atoms with Gasteiger partial charge in [0, 0.05) is 24.2 Å². The molecule has 3 heteroatoms. The minimum Gasteiger partial charge on any atom is -0.241 e. The van der Waals surface area contributed by atoms with Crippen molar-refractivity contribution in [2.24, 2.45) is 5.92 Å². The second-order valence-corrected chi connectivity index (χ2v) is 4.20. The van der Waals surface area contributed by atoms with Crippen molar-refractivity contribution < 1.29 is 0 Å². The Morgan fingerprint density at radius 3 is 2.31 bits per heavy atom. The summed E-state index contributed by atoms with van der Waals surface area (Å²) >= 11 is 6.11. The third kappa shape index (κ3) is 3.31. The topological polar surface area (TPSA) is 25.8 Å². The number of aryl methyl sites for hydroxylation is 1. The molecule has 1 rings (SSSR count). The van der Waals surface area contributed by atoms with Gasteiger partial charge in [-0.1, -0.05) is 13.8 Å². The third-order valence-corrected chi connectivity index (χ3v) is 2.59. The van der Waals surface area contributed by atoms with Gasteiger partial charge in [0.15, 0.2) is 0 Å². The van der Waals surface area contributed by atoms with Gasteiger partial charge in [-0.05, 0) is 18.4 Å². The number of hydrogen-bond donors (Lipinski definition) is 0. The van der Waals surface area contributed by atoms with Gasteiger partial charge < -0.3 is 0 Å². The molecule has 1 atom stereocenters. The van der Waals surface area contributed by atoms with Crippen LogP contribution in [0.25, 0.3) is 0 Å². The Kier molecular flexibility index (Phi) is 3.67. The maximum absolute atomic E-state index is 6.11. The molecule has 0 spiro atoms. The molecule has 0 aromatic carbocycles. The molecule has 0 saturated carbocycles. The summed E-state index contributed by atoms with van der Waals surface area (Å²) in [4.78, 5) is 8.41. The fourth-order valence-corrected chi connectivity index (χ4v) is 1.07. The van der Waals surface area contributed by atoms with Crippen LogP contribution in [0.5, 0.6) is 0 Å². The van der Waals surface area contributed by atoms with Gasteiger partial charge in [-0.3, -0.25) is 0 Å². The van der Waals surface area contributed by atoms with Crippen molar-refractivity contribution in [3.05, 3.63) is 23.8 Å². The molecule has 2 nitrogen and oxygen atoms in total. The lowest BCUT2D eigenvalue weighted by Gasteiger charge is -2.11. The van der Waals surface area contributed by atoms with E-state index in [-0.39, 0.29) is 5.38 Å². The maximum Gasteiger partial charge on any atom is 0.129 e. The van der Waals surface area contributed by atoms with Crippen molar-refractivity contribution >= 4 is 11.6 Å². The SMILES string of the molecule is Cc1cnc(CC(Cl)C(C)C)nc1. The molecule has 0 saturated heterocycles. The molecule has 0 radical (unpaired) electrons. The normalized spacial score (nSPS) is 13.3. The first kappa shape index (κ1) is 10.5. The molecule has 0 aliphatic carbocycles. The Hall–Kier alpha value is -0.630. The summed E-state index contributed by atoms with van der Waals surface area (Å²) < 4.78 is 0. The minimum atomic E-state index is 0.128. The van der Waals surface area contributed by atoms with Gasteiger partial charge in [0.05, 0.1) is 0 Å². The average Bonchev–Trinajstić information content (AvgIpc) is 2.08. The fraction of sp³-hybridized carbons (Fsp3) is 0.600. The first-order valence-corrected chi connectivity index (χ1v) is 4.95. The van der Waals surface area contributed by atoms with E-state index in [9.17, 15) is 0 Å². The van der Waals surface area contributed by atoms with E-state index in [1.807, 2.05) is 19.3 Å². The maximum atomic E-state index is 6.11. The van der Waals surface area contributed by atoms with Crippen molar-refractivity contribution in [2.75, 3.05) is 0 Å². The number of nitrogens with zero attached hydrogens (tertiary/aromatic N) is 2. The third-order valence-electron chi connectivity index (χ3n) is 1.94. The average molecular weight is 199 g/mol. The van der Waals surface area contributed by atoms with Gasteiger partial charge in [0.25, 0.3) is 0 Å².